The van der Waals surface area contributed by atoms with Gasteiger partial charge in [-0.15, -0.1) is 0 Å². The minimum Gasteiger partial charge on any atom is -0.368 e. The smallest absolute Gasteiger partial charge is 0.253 e. The summed E-state index contributed by atoms with van der Waals surface area (Å²) in [7, 11) is 0. The molecule has 0 spiro atoms. The fourth-order valence-corrected chi connectivity index (χ4v) is 3.18. The third kappa shape index (κ3) is 3.50. The molecule has 0 bridgehead atoms. The summed E-state index contributed by atoms with van der Waals surface area (Å²) < 4.78 is 13.1. The highest BCUT2D eigenvalue weighted by Gasteiger charge is 2.23. The van der Waals surface area contributed by atoms with Crippen molar-refractivity contribution < 1.29 is 9.18 Å². The lowest BCUT2D eigenvalue weighted by molar-refractivity contribution is 0.0767. The standard InChI is InChI=1S/C20H17FN4O/c21-18-7-5-15(6-8-18)20(26)25-10-2-9-24(11-12-25)19-16(13-22)3-1-4-17(19)14-23/h1,3-8H,2,9-12H2. The van der Waals surface area contributed by atoms with E-state index in [0.717, 1.165) is 6.42 Å². The van der Waals surface area contributed by atoms with E-state index in [9.17, 15) is 19.7 Å². The molecule has 0 aliphatic carbocycles. The zero-order valence-corrected chi connectivity index (χ0v) is 14.2. The van der Waals surface area contributed by atoms with E-state index >= 15 is 0 Å². The molecule has 0 aromatic heterocycles. The number of nitrogens with zero attached hydrogens (tertiary/aromatic N) is 4. The average molecular weight is 348 g/mol. The third-order valence-electron chi connectivity index (χ3n) is 4.47. The van der Waals surface area contributed by atoms with Crippen molar-refractivity contribution in [3.05, 3.63) is 65.0 Å². The number of carbonyl (C=O) groups is 1. The van der Waals surface area contributed by atoms with Gasteiger partial charge in [0, 0.05) is 31.7 Å². The second kappa shape index (κ2) is 7.67. The number of benzene rings is 2. The van der Waals surface area contributed by atoms with Gasteiger partial charge in [0.05, 0.1) is 16.8 Å². The Balaban J connectivity index is 1.79. The summed E-state index contributed by atoms with van der Waals surface area (Å²) in [6, 6.07) is 14.9. The van der Waals surface area contributed by atoms with Crippen molar-refractivity contribution in [3.8, 4) is 12.1 Å². The number of hydrogen-bond acceptors (Lipinski definition) is 4. The SMILES string of the molecule is N#Cc1cccc(C#N)c1N1CCCN(C(=O)c2ccc(F)cc2)CC1. The van der Waals surface area contributed by atoms with Gasteiger partial charge in [-0.05, 0) is 42.8 Å². The van der Waals surface area contributed by atoms with Gasteiger partial charge in [0.15, 0.2) is 0 Å². The first-order valence-corrected chi connectivity index (χ1v) is 8.37. The first kappa shape index (κ1) is 17.4. The van der Waals surface area contributed by atoms with Crippen LogP contribution in [0.15, 0.2) is 42.5 Å². The molecule has 1 amide bonds. The van der Waals surface area contributed by atoms with Crippen LogP contribution in [0, 0.1) is 28.5 Å². The summed E-state index contributed by atoms with van der Waals surface area (Å²) in [6.07, 6.45) is 0.720. The molecule has 1 saturated heterocycles. The maximum atomic E-state index is 13.1. The van der Waals surface area contributed by atoms with Crippen LogP contribution in [0.4, 0.5) is 10.1 Å². The summed E-state index contributed by atoms with van der Waals surface area (Å²) in [6.45, 7) is 2.23. The summed E-state index contributed by atoms with van der Waals surface area (Å²) >= 11 is 0. The van der Waals surface area contributed by atoms with Crippen LogP contribution in [0.1, 0.15) is 27.9 Å². The summed E-state index contributed by atoms with van der Waals surface area (Å²) in [5.41, 5.74) is 2.01. The van der Waals surface area contributed by atoms with Crippen molar-refractivity contribution in [1.29, 1.82) is 10.5 Å². The van der Waals surface area contributed by atoms with E-state index in [1.165, 1.54) is 24.3 Å². The van der Waals surface area contributed by atoms with Crippen LogP contribution in [0.25, 0.3) is 0 Å². The van der Waals surface area contributed by atoms with Gasteiger partial charge in [-0.1, -0.05) is 6.07 Å². The average Bonchev–Trinajstić information content (AvgIpc) is 2.93. The molecule has 3 rings (SSSR count). The minimum absolute atomic E-state index is 0.138. The molecule has 130 valence electrons. The van der Waals surface area contributed by atoms with E-state index in [4.69, 9.17) is 0 Å². The first-order chi connectivity index (χ1) is 12.6. The third-order valence-corrected chi connectivity index (χ3v) is 4.47. The van der Waals surface area contributed by atoms with E-state index in [0.29, 0.717) is 48.6 Å². The molecular formula is C20H17FN4O. The van der Waals surface area contributed by atoms with Crippen LogP contribution in [0.5, 0.6) is 0 Å². The largest absolute Gasteiger partial charge is 0.368 e. The van der Waals surface area contributed by atoms with Crippen molar-refractivity contribution in [1.82, 2.24) is 4.90 Å². The Morgan fingerprint density at radius 1 is 0.923 bits per heavy atom. The molecule has 6 heteroatoms. The Morgan fingerprint density at radius 2 is 1.58 bits per heavy atom. The lowest BCUT2D eigenvalue weighted by Gasteiger charge is -2.25. The molecular weight excluding hydrogens is 331 g/mol. The van der Waals surface area contributed by atoms with Gasteiger partial charge in [0.2, 0.25) is 0 Å². The van der Waals surface area contributed by atoms with Gasteiger partial charge in [-0.2, -0.15) is 10.5 Å². The maximum absolute atomic E-state index is 13.1. The summed E-state index contributed by atoms with van der Waals surface area (Å²) in [5, 5.41) is 18.7. The van der Waals surface area contributed by atoms with Gasteiger partial charge in [0.1, 0.15) is 18.0 Å². The molecule has 0 N–H and O–H groups in total. The summed E-state index contributed by atoms with van der Waals surface area (Å²) in [4.78, 5) is 16.4. The second-order valence-electron chi connectivity index (χ2n) is 6.07. The Kier molecular flexibility index (Phi) is 5.15. The zero-order chi connectivity index (χ0) is 18.5. The Morgan fingerprint density at radius 3 is 2.19 bits per heavy atom. The predicted octanol–water partition coefficient (Wildman–Crippen LogP) is 2.92. The molecule has 0 atom stereocenters. The van der Waals surface area contributed by atoms with Crippen molar-refractivity contribution in [3.63, 3.8) is 0 Å². The lowest BCUT2D eigenvalue weighted by atomic mass is 10.1. The molecule has 0 unspecified atom stereocenters. The number of amides is 1. The van der Waals surface area contributed by atoms with E-state index < -0.39 is 0 Å². The van der Waals surface area contributed by atoms with Gasteiger partial charge < -0.3 is 9.80 Å². The van der Waals surface area contributed by atoms with Crippen LogP contribution in [0.2, 0.25) is 0 Å². The number of nitriles is 2. The number of halogens is 1. The highest BCUT2D eigenvalue weighted by molar-refractivity contribution is 5.94. The van der Waals surface area contributed by atoms with Crippen LogP contribution < -0.4 is 4.90 Å². The highest BCUT2D eigenvalue weighted by Crippen LogP contribution is 2.26. The normalized spacial score (nSPS) is 14.3. The number of anilines is 1. The summed E-state index contributed by atoms with van der Waals surface area (Å²) in [5.74, 6) is -0.512. The van der Waals surface area contributed by atoms with E-state index in [-0.39, 0.29) is 11.7 Å². The molecule has 1 aliphatic heterocycles. The molecule has 26 heavy (non-hydrogen) atoms. The molecule has 0 saturated carbocycles. The topological polar surface area (TPSA) is 71.1 Å². The van der Waals surface area contributed by atoms with Gasteiger partial charge in [0.25, 0.3) is 5.91 Å². The molecule has 1 heterocycles. The van der Waals surface area contributed by atoms with Crippen molar-refractivity contribution in [2.45, 2.75) is 6.42 Å². The van der Waals surface area contributed by atoms with Crippen LogP contribution in [0.3, 0.4) is 0 Å². The molecule has 0 radical (unpaired) electrons. The minimum atomic E-state index is -0.374. The fraction of sp³-hybridized carbons (Fsp3) is 0.250. The van der Waals surface area contributed by atoms with Gasteiger partial charge in [-0.3, -0.25) is 4.79 Å². The Labute approximate surface area is 151 Å². The van der Waals surface area contributed by atoms with Crippen LogP contribution in [-0.4, -0.2) is 37.0 Å². The number of carbonyl (C=O) groups excluding carboxylic acids is 1. The maximum Gasteiger partial charge on any atom is 0.253 e. The number of rotatable bonds is 2. The molecule has 1 fully saturated rings. The van der Waals surface area contributed by atoms with Crippen LogP contribution >= 0.6 is 0 Å². The van der Waals surface area contributed by atoms with Crippen LogP contribution in [-0.2, 0) is 0 Å². The quantitative estimate of drug-likeness (QED) is 0.837. The number of para-hydroxylation sites is 1. The van der Waals surface area contributed by atoms with Gasteiger partial charge in [-0.25, -0.2) is 4.39 Å². The van der Waals surface area contributed by atoms with E-state index in [1.807, 2.05) is 4.90 Å². The van der Waals surface area contributed by atoms with Crippen molar-refractivity contribution in [2.24, 2.45) is 0 Å². The monoisotopic (exact) mass is 348 g/mol. The molecule has 2 aromatic rings. The van der Waals surface area contributed by atoms with Crippen molar-refractivity contribution >= 4 is 11.6 Å². The second-order valence-corrected chi connectivity index (χ2v) is 6.07. The molecule has 1 aliphatic rings. The van der Waals surface area contributed by atoms with Crippen molar-refractivity contribution in [2.75, 3.05) is 31.1 Å². The number of hydrogen-bond donors (Lipinski definition) is 0. The zero-order valence-electron chi connectivity index (χ0n) is 14.2. The molecule has 5 nitrogen and oxygen atoms in total. The first-order valence-electron chi connectivity index (χ1n) is 8.37. The lowest BCUT2D eigenvalue weighted by Crippen LogP contribution is -2.35. The Bertz CT molecular complexity index is 863. The highest BCUT2D eigenvalue weighted by atomic mass is 19.1. The molecule has 2 aromatic carbocycles. The van der Waals surface area contributed by atoms with Gasteiger partial charge >= 0.3 is 0 Å². The fourth-order valence-electron chi connectivity index (χ4n) is 3.18. The van der Waals surface area contributed by atoms with E-state index in [2.05, 4.69) is 12.1 Å². The van der Waals surface area contributed by atoms with E-state index in [1.54, 1.807) is 23.1 Å². The Hall–Kier alpha value is -3.38. The predicted molar refractivity (Wildman–Crippen MR) is 95.0 cm³/mol.